The molecule has 1 unspecified atom stereocenters. The zero-order valence-corrected chi connectivity index (χ0v) is 20.5. The van der Waals surface area contributed by atoms with Crippen molar-refractivity contribution in [2.24, 2.45) is 0 Å². The van der Waals surface area contributed by atoms with E-state index in [0.29, 0.717) is 34.6 Å². The van der Waals surface area contributed by atoms with E-state index in [1.165, 1.54) is 6.26 Å². The van der Waals surface area contributed by atoms with E-state index in [1.54, 1.807) is 25.5 Å². The summed E-state index contributed by atoms with van der Waals surface area (Å²) >= 11 is 0. The van der Waals surface area contributed by atoms with Crippen molar-refractivity contribution in [3.8, 4) is 5.75 Å². The van der Waals surface area contributed by atoms with Crippen LogP contribution >= 0.6 is 0 Å². The SMILES string of the molecule is COc1c2cccc(C)c2c2c3c(coc13)C(OCc1coc3c1C(=O)c1c(C)cccc1C3=O)OC2. The van der Waals surface area contributed by atoms with Crippen LogP contribution in [0.1, 0.15) is 66.1 Å². The molecule has 3 heterocycles. The highest BCUT2D eigenvalue weighted by Crippen LogP contribution is 2.47. The maximum Gasteiger partial charge on any atom is 0.229 e. The number of furan rings is 2. The first-order valence-electron chi connectivity index (χ1n) is 12.0. The van der Waals surface area contributed by atoms with Crippen molar-refractivity contribution in [3.63, 3.8) is 0 Å². The average Bonchev–Trinajstić information content (AvgIpc) is 3.53. The zero-order chi connectivity index (χ0) is 25.4. The molecule has 1 aliphatic heterocycles. The highest BCUT2D eigenvalue weighted by Gasteiger charge is 2.37. The normalized spacial score (nSPS) is 16.4. The Kier molecular flexibility index (Phi) is 4.70. The van der Waals surface area contributed by atoms with Gasteiger partial charge in [0.15, 0.2) is 29.2 Å². The van der Waals surface area contributed by atoms with Crippen LogP contribution in [0, 0.1) is 13.8 Å². The molecule has 1 aliphatic carbocycles. The van der Waals surface area contributed by atoms with Gasteiger partial charge in [-0.2, -0.15) is 0 Å². The van der Waals surface area contributed by atoms with Crippen LogP contribution in [0.2, 0.25) is 0 Å². The van der Waals surface area contributed by atoms with Crippen molar-refractivity contribution in [2.45, 2.75) is 33.4 Å². The Labute approximate surface area is 211 Å². The predicted octanol–water partition coefficient (Wildman–Crippen LogP) is 6.33. The summed E-state index contributed by atoms with van der Waals surface area (Å²) in [6.45, 7) is 4.23. The second kappa shape index (κ2) is 7.90. The van der Waals surface area contributed by atoms with E-state index < -0.39 is 6.29 Å². The van der Waals surface area contributed by atoms with E-state index in [0.717, 1.165) is 38.4 Å². The summed E-state index contributed by atoms with van der Waals surface area (Å²) in [6.07, 6.45) is 2.32. The van der Waals surface area contributed by atoms with E-state index in [1.807, 2.05) is 25.1 Å². The van der Waals surface area contributed by atoms with Gasteiger partial charge < -0.3 is 23.0 Å². The highest BCUT2D eigenvalue weighted by molar-refractivity contribution is 6.28. The molecule has 0 saturated carbocycles. The monoisotopic (exact) mass is 494 g/mol. The molecule has 0 saturated heterocycles. The summed E-state index contributed by atoms with van der Waals surface area (Å²) in [5.41, 5.74) is 5.83. The first-order chi connectivity index (χ1) is 18.0. The Balaban J connectivity index is 1.26. The van der Waals surface area contributed by atoms with Crippen molar-refractivity contribution < 1.29 is 32.6 Å². The first kappa shape index (κ1) is 22.0. The van der Waals surface area contributed by atoms with Gasteiger partial charge in [0, 0.05) is 27.5 Å². The molecular weight excluding hydrogens is 472 g/mol. The second-order valence-corrected chi connectivity index (χ2v) is 9.48. The quantitative estimate of drug-likeness (QED) is 0.283. The fraction of sp³-hybridized carbons (Fsp3) is 0.200. The zero-order valence-electron chi connectivity index (χ0n) is 20.5. The number of fused-ring (bicyclic) bond motifs is 4. The van der Waals surface area contributed by atoms with Gasteiger partial charge in [0.2, 0.25) is 5.78 Å². The molecule has 0 spiro atoms. The highest BCUT2D eigenvalue weighted by atomic mass is 16.7. The molecule has 7 nitrogen and oxygen atoms in total. The van der Waals surface area contributed by atoms with Gasteiger partial charge in [-0.1, -0.05) is 36.4 Å². The van der Waals surface area contributed by atoms with Gasteiger partial charge in [0.05, 0.1) is 37.7 Å². The molecule has 2 aliphatic rings. The molecular formula is C30H22O7. The van der Waals surface area contributed by atoms with Gasteiger partial charge >= 0.3 is 0 Å². The first-order valence-corrected chi connectivity index (χ1v) is 12.0. The standard InChI is InChI=1S/C30H22O7/c1-14-6-5-9-18-21(14)19-12-37-30(20-13-35-29(24(19)20)27(18)33-3)36-11-16-10-34-28-23(16)26(32)22-15(2)7-4-8-17(22)25(28)31/h4-10,13,30H,11-12H2,1-3H3. The molecule has 3 aromatic carbocycles. The van der Waals surface area contributed by atoms with Crippen molar-refractivity contribution in [1.29, 1.82) is 0 Å². The Morgan fingerprint density at radius 2 is 1.73 bits per heavy atom. The van der Waals surface area contributed by atoms with Crippen LogP contribution in [0.4, 0.5) is 0 Å². The number of methoxy groups -OCH3 is 1. The minimum absolute atomic E-state index is 0.0233. The van der Waals surface area contributed by atoms with E-state index >= 15 is 0 Å². The molecule has 0 N–H and O–H groups in total. The Morgan fingerprint density at radius 3 is 2.57 bits per heavy atom. The van der Waals surface area contributed by atoms with Crippen molar-refractivity contribution >= 4 is 33.3 Å². The second-order valence-electron chi connectivity index (χ2n) is 9.48. The lowest BCUT2D eigenvalue weighted by Crippen LogP contribution is -2.22. The number of hydrogen-bond donors (Lipinski definition) is 0. The number of rotatable bonds is 4. The summed E-state index contributed by atoms with van der Waals surface area (Å²) in [5, 5.41) is 2.97. The van der Waals surface area contributed by atoms with Crippen LogP contribution in [0.15, 0.2) is 57.8 Å². The van der Waals surface area contributed by atoms with Crippen LogP contribution < -0.4 is 4.74 Å². The van der Waals surface area contributed by atoms with Crippen LogP contribution in [-0.4, -0.2) is 18.7 Å². The molecule has 0 fully saturated rings. The van der Waals surface area contributed by atoms with Crippen LogP contribution in [0.5, 0.6) is 5.75 Å². The van der Waals surface area contributed by atoms with Crippen LogP contribution in [-0.2, 0) is 22.7 Å². The lowest BCUT2D eigenvalue weighted by molar-refractivity contribution is -0.163. The number of carbonyl (C=O) groups excluding carboxylic acids is 2. The third-order valence-electron chi connectivity index (χ3n) is 7.42. The molecule has 7 rings (SSSR count). The molecule has 184 valence electrons. The fourth-order valence-electron chi connectivity index (χ4n) is 5.75. The number of ketones is 2. The van der Waals surface area contributed by atoms with E-state index in [2.05, 4.69) is 13.0 Å². The lowest BCUT2D eigenvalue weighted by atomic mass is 9.84. The molecule has 5 aromatic rings. The fourth-order valence-corrected chi connectivity index (χ4v) is 5.75. The summed E-state index contributed by atoms with van der Waals surface area (Å²) in [4.78, 5) is 26.4. The van der Waals surface area contributed by atoms with Gasteiger partial charge in [0.1, 0.15) is 6.26 Å². The molecule has 2 aromatic heterocycles. The number of hydrogen-bond acceptors (Lipinski definition) is 7. The minimum atomic E-state index is -0.728. The molecule has 7 heteroatoms. The lowest BCUT2D eigenvalue weighted by Gasteiger charge is -2.25. The Morgan fingerprint density at radius 1 is 0.919 bits per heavy atom. The van der Waals surface area contributed by atoms with Crippen molar-refractivity contribution in [2.75, 3.05) is 7.11 Å². The minimum Gasteiger partial charge on any atom is -0.492 e. The van der Waals surface area contributed by atoms with Crippen molar-refractivity contribution in [3.05, 3.63) is 99.2 Å². The smallest absolute Gasteiger partial charge is 0.229 e. The van der Waals surface area contributed by atoms with Gasteiger partial charge in [-0.3, -0.25) is 9.59 Å². The summed E-state index contributed by atoms with van der Waals surface area (Å²) < 4.78 is 29.6. The molecule has 0 radical (unpaired) electrons. The molecule has 0 bridgehead atoms. The van der Waals surface area contributed by atoms with Crippen LogP contribution in [0.3, 0.4) is 0 Å². The third kappa shape index (κ3) is 2.95. The van der Waals surface area contributed by atoms with Crippen molar-refractivity contribution in [1.82, 2.24) is 0 Å². The van der Waals surface area contributed by atoms with Gasteiger partial charge in [-0.15, -0.1) is 0 Å². The number of ether oxygens (including phenoxy) is 3. The number of aryl methyl sites for hydroxylation is 2. The van der Waals surface area contributed by atoms with Gasteiger partial charge in [0.25, 0.3) is 0 Å². The maximum absolute atomic E-state index is 13.4. The molecule has 0 amide bonds. The Bertz CT molecular complexity index is 1790. The predicted molar refractivity (Wildman–Crippen MR) is 134 cm³/mol. The van der Waals surface area contributed by atoms with E-state index in [4.69, 9.17) is 23.0 Å². The summed E-state index contributed by atoms with van der Waals surface area (Å²) in [6, 6.07) is 11.3. The largest absolute Gasteiger partial charge is 0.492 e. The third-order valence-corrected chi connectivity index (χ3v) is 7.42. The van der Waals surface area contributed by atoms with Crippen LogP contribution in [0.25, 0.3) is 21.7 Å². The Hall–Kier alpha value is -4.20. The van der Waals surface area contributed by atoms with E-state index in [-0.39, 0.29) is 29.5 Å². The maximum atomic E-state index is 13.4. The molecule has 1 atom stereocenters. The molecule has 37 heavy (non-hydrogen) atoms. The summed E-state index contributed by atoms with van der Waals surface area (Å²) in [7, 11) is 1.63. The van der Waals surface area contributed by atoms with Gasteiger partial charge in [-0.25, -0.2) is 0 Å². The van der Waals surface area contributed by atoms with E-state index in [9.17, 15) is 9.59 Å². The summed E-state index contributed by atoms with van der Waals surface area (Å²) in [5.74, 6) is 0.191. The van der Waals surface area contributed by atoms with Gasteiger partial charge in [-0.05, 0) is 35.9 Å². The average molecular weight is 494 g/mol. The number of benzene rings is 3. The number of carbonyl (C=O) groups is 2. The topological polar surface area (TPSA) is 88.1 Å².